The van der Waals surface area contributed by atoms with Gasteiger partial charge in [0.25, 0.3) is 5.91 Å². The molecule has 1 aliphatic rings. The van der Waals surface area contributed by atoms with Crippen molar-refractivity contribution in [2.75, 3.05) is 0 Å². The van der Waals surface area contributed by atoms with Gasteiger partial charge in [-0.1, -0.05) is 36.4 Å². The van der Waals surface area contributed by atoms with Crippen LogP contribution < -0.4 is 5.32 Å². The highest BCUT2D eigenvalue weighted by Crippen LogP contribution is 2.35. The smallest absolute Gasteiger partial charge is 0.273 e. The summed E-state index contributed by atoms with van der Waals surface area (Å²) in [5.74, 6) is 0.433. The van der Waals surface area contributed by atoms with Crippen LogP contribution in [0.3, 0.4) is 0 Å². The average Bonchev–Trinajstić information content (AvgIpc) is 3.53. The van der Waals surface area contributed by atoms with Crippen LogP contribution in [0.25, 0.3) is 27.3 Å². The summed E-state index contributed by atoms with van der Waals surface area (Å²) in [7, 11) is 0. The summed E-state index contributed by atoms with van der Waals surface area (Å²) in [4.78, 5) is 23.8. The van der Waals surface area contributed by atoms with Crippen LogP contribution in [-0.4, -0.2) is 25.7 Å². The monoisotopic (exact) mass is 451 g/mol. The number of fused-ring (bicyclic) bond motifs is 2. The van der Waals surface area contributed by atoms with E-state index in [1.165, 1.54) is 11.1 Å². The second-order valence-corrected chi connectivity index (χ2v) is 9.05. The number of aromatic nitrogens is 4. The molecule has 0 radical (unpaired) electrons. The molecule has 33 heavy (non-hydrogen) atoms. The molecule has 5 aromatic rings. The predicted octanol–water partition coefficient (Wildman–Crippen LogP) is 5.35. The van der Waals surface area contributed by atoms with Gasteiger partial charge < -0.3 is 5.32 Å². The Bertz CT molecular complexity index is 1440. The van der Waals surface area contributed by atoms with E-state index < -0.39 is 0 Å². The van der Waals surface area contributed by atoms with Gasteiger partial charge in [0, 0.05) is 22.8 Å². The Morgan fingerprint density at radius 2 is 1.91 bits per heavy atom. The molecule has 6 nitrogen and oxygen atoms in total. The van der Waals surface area contributed by atoms with Crippen molar-refractivity contribution in [3.63, 3.8) is 0 Å². The number of nitrogens with zero attached hydrogens (tertiary/aromatic N) is 4. The molecule has 4 heterocycles. The normalized spacial score (nSPS) is 15.3. The van der Waals surface area contributed by atoms with Crippen LogP contribution in [0.1, 0.15) is 40.5 Å². The zero-order valence-electron chi connectivity index (χ0n) is 17.8. The number of thiophene rings is 1. The van der Waals surface area contributed by atoms with Crippen LogP contribution >= 0.6 is 11.3 Å². The van der Waals surface area contributed by atoms with E-state index in [1.807, 2.05) is 41.8 Å². The predicted molar refractivity (Wildman–Crippen MR) is 130 cm³/mol. The summed E-state index contributed by atoms with van der Waals surface area (Å²) in [5.41, 5.74) is 4.44. The molecule has 1 aromatic carbocycles. The number of benzene rings is 1. The van der Waals surface area contributed by atoms with Crippen molar-refractivity contribution in [2.45, 2.75) is 25.3 Å². The highest BCUT2D eigenvalue weighted by atomic mass is 32.1. The quantitative estimate of drug-likeness (QED) is 0.400. The molecular weight excluding hydrogens is 430 g/mol. The molecule has 0 saturated carbocycles. The van der Waals surface area contributed by atoms with E-state index in [9.17, 15) is 4.79 Å². The Balaban J connectivity index is 1.49. The molecule has 0 saturated heterocycles. The second-order valence-electron chi connectivity index (χ2n) is 8.10. The summed E-state index contributed by atoms with van der Waals surface area (Å²) in [6.45, 7) is 0. The highest BCUT2D eigenvalue weighted by Gasteiger charge is 2.27. The van der Waals surface area contributed by atoms with Gasteiger partial charge in [-0.05, 0) is 60.0 Å². The van der Waals surface area contributed by atoms with Crippen molar-refractivity contribution in [3.8, 4) is 16.3 Å². The van der Waals surface area contributed by atoms with E-state index in [0.29, 0.717) is 17.2 Å². The van der Waals surface area contributed by atoms with Crippen molar-refractivity contribution < 1.29 is 4.79 Å². The minimum atomic E-state index is -0.192. The standard InChI is InChI=1S/C26H21N5OS/c32-26(29-20-10-5-8-17-7-1-2-9-18(17)20)24-23-19(21-11-6-16-33-21)13-15-28-25(23)31(30-24)22-12-3-4-14-27-22/h1-4,6-7,9,11-16,20H,5,8,10H2,(H,29,32). The average molecular weight is 452 g/mol. The van der Waals surface area contributed by atoms with Gasteiger partial charge >= 0.3 is 0 Å². The number of carbonyl (C=O) groups excluding carboxylic acids is 1. The molecule has 1 amide bonds. The van der Waals surface area contributed by atoms with Gasteiger partial charge in [-0.15, -0.1) is 11.3 Å². The number of pyridine rings is 2. The maximum Gasteiger partial charge on any atom is 0.273 e. The first-order valence-electron chi connectivity index (χ1n) is 11.0. The number of carbonyl (C=O) groups is 1. The van der Waals surface area contributed by atoms with E-state index in [1.54, 1.807) is 28.4 Å². The second kappa shape index (κ2) is 8.26. The van der Waals surface area contributed by atoms with Gasteiger partial charge in [-0.25, -0.2) is 9.97 Å². The van der Waals surface area contributed by atoms with Crippen molar-refractivity contribution in [1.29, 1.82) is 0 Å². The van der Waals surface area contributed by atoms with Crippen molar-refractivity contribution in [1.82, 2.24) is 25.1 Å². The van der Waals surface area contributed by atoms with Crippen LogP contribution in [0.5, 0.6) is 0 Å². The molecule has 4 aromatic heterocycles. The fourth-order valence-electron chi connectivity index (χ4n) is 4.61. The van der Waals surface area contributed by atoms with E-state index in [0.717, 1.165) is 35.1 Å². The van der Waals surface area contributed by atoms with Crippen LogP contribution in [-0.2, 0) is 6.42 Å². The molecule has 162 valence electrons. The van der Waals surface area contributed by atoms with Crippen molar-refractivity contribution in [2.24, 2.45) is 0 Å². The summed E-state index contributed by atoms with van der Waals surface area (Å²) in [5, 5.41) is 10.8. The fourth-order valence-corrected chi connectivity index (χ4v) is 5.37. The van der Waals surface area contributed by atoms with E-state index in [4.69, 9.17) is 5.10 Å². The molecule has 1 N–H and O–H groups in total. The van der Waals surface area contributed by atoms with Crippen LogP contribution in [0.4, 0.5) is 0 Å². The number of amides is 1. The Hall–Kier alpha value is -3.84. The zero-order chi connectivity index (χ0) is 22.2. The molecule has 0 spiro atoms. The van der Waals surface area contributed by atoms with E-state index in [2.05, 4.69) is 39.6 Å². The Kier molecular flexibility index (Phi) is 4.96. The summed E-state index contributed by atoms with van der Waals surface area (Å²) in [6.07, 6.45) is 6.49. The van der Waals surface area contributed by atoms with Crippen molar-refractivity contribution >= 4 is 28.3 Å². The summed E-state index contributed by atoms with van der Waals surface area (Å²) < 4.78 is 1.66. The first-order chi connectivity index (χ1) is 16.3. The lowest BCUT2D eigenvalue weighted by molar-refractivity contribution is 0.0929. The lowest BCUT2D eigenvalue weighted by atomic mass is 9.87. The number of rotatable bonds is 4. The maximum atomic E-state index is 13.7. The summed E-state index contributed by atoms with van der Waals surface area (Å²) >= 11 is 1.63. The third kappa shape index (κ3) is 3.50. The summed E-state index contributed by atoms with van der Waals surface area (Å²) in [6, 6.07) is 20.0. The fraction of sp³-hybridized carbons (Fsp3) is 0.154. The topological polar surface area (TPSA) is 72.7 Å². The minimum absolute atomic E-state index is 0.0284. The van der Waals surface area contributed by atoms with Crippen LogP contribution in [0.15, 0.2) is 78.4 Å². The highest BCUT2D eigenvalue weighted by molar-refractivity contribution is 7.13. The Morgan fingerprint density at radius 3 is 2.76 bits per heavy atom. The maximum absolute atomic E-state index is 13.7. The van der Waals surface area contributed by atoms with Gasteiger partial charge in [-0.2, -0.15) is 9.78 Å². The minimum Gasteiger partial charge on any atom is -0.344 e. The number of hydrogen-bond donors (Lipinski definition) is 1. The van der Waals surface area contributed by atoms with Gasteiger partial charge in [-0.3, -0.25) is 4.79 Å². The third-order valence-corrected chi connectivity index (χ3v) is 7.01. The van der Waals surface area contributed by atoms with E-state index >= 15 is 0 Å². The number of aryl methyl sites for hydroxylation is 1. The number of nitrogens with one attached hydrogen (secondary N) is 1. The first kappa shape index (κ1) is 19.8. The van der Waals surface area contributed by atoms with E-state index in [-0.39, 0.29) is 11.9 Å². The Labute approximate surface area is 195 Å². The molecule has 6 rings (SSSR count). The SMILES string of the molecule is O=C(NC1CCCc2ccccc21)c1nn(-c2ccccn2)c2nccc(-c3cccs3)c12. The first-order valence-corrected chi connectivity index (χ1v) is 11.9. The molecular formula is C26H21N5OS. The molecule has 0 bridgehead atoms. The molecule has 0 fully saturated rings. The zero-order valence-corrected chi connectivity index (χ0v) is 18.6. The van der Waals surface area contributed by atoms with Crippen LogP contribution in [0, 0.1) is 0 Å². The molecule has 7 heteroatoms. The molecule has 1 unspecified atom stereocenters. The lowest BCUT2D eigenvalue weighted by Crippen LogP contribution is -2.31. The largest absolute Gasteiger partial charge is 0.344 e. The molecule has 0 aliphatic heterocycles. The van der Waals surface area contributed by atoms with Gasteiger partial charge in [0.15, 0.2) is 17.2 Å². The lowest BCUT2D eigenvalue weighted by Gasteiger charge is -2.26. The Morgan fingerprint density at radius 1 is 1.00 bits per heavy atom. The molecule has 1 aliphatic carbocycles. The molecule has 1 atom stereocenters. The third-order valence-electron chi connectivity index (χ3n) is 6.11. The van der Waals surface area contributed by atoms with Gasteiger partial charge in [0.05, 0.1) is 11.4 Å². The van der Waals surface area contributed by atoms with Crippen molar-refractivity contribution in [3.05, 3.63) is 95.3 Å². The van der Waals surface area contributed by atoms with Gasteiger partial charge in [0.1, 0.15) is 0 Å². The van der Waals surface area contributed by atoms with Crippen LogP contribution in [0.2, 0.25) is 0 Å². The number of hydrogen-bond acceptors (Lipinski definition) is 5. The van der Waals surface area contributed by atoms with Gasteiger partial charge in [0.2, 0.25) is 0 Å².